The third-order valence-corrected chi connectivity index (χ3v) is 3.72. The zero-order valence-corrected chi connectivity index (χ0v) is 11.0. The Morgan fingerprint density at radius 3 is 2.84 bits per heavy atom. The van der Waals surface area contributed by atoms with Gasteiger partial charge in [-0.1, -0.05) is 48.0 Å². The lowest BCUT2D eigenvalue weighted by atomic mass is 9.88. The smallest absolute Gasteiger partial charge is 0.122 e. The summed E-state index contributed by atoms with van der Waals surface area (Å²) in [5.41, 5.74) is 6.62. The van der Waals surface area contributed by atoms with Gasteiger partial charge in [0.15, 0.2) is 0 Å². The first-order valence-electron chi connectivity index (χ1n) is 6.54. The second-order valence-corrected chi connectivity index (χ2v) is 5.01. The van der Waals surface area contributed by atoms with Crippen molar-refractivity contribution in [3.8, 4) is 5.75 Å². The van der Waals surface area contributed by atoms with Crippen LogP contribution in [0.3, 0.4) is 0 Å². The molecular weight excluding hydrogens is 236 g/mol. The van der Waals surface area contributed by atoms with Crippen molar-refractivity contribution in [2.75, 3.05) is 6.61 Å². The molecule has 0 amide bonds. The average Bonchev–Trinajstić information content (AvgIpc) is 2.84. The van der Waals surface area contributed by atoms with Crippen LogP contribution in [0.2, 0.25) is 0 Å². The SMILES string of the molecule is Cc1cccc(C(NN)C2COc3ccccc32)c1. The van der Waals surface area contributed by atoms with Gasteiger partial charge in [-0.25, -0.2) is 0 Å². The van der Waals surface area contributed by atoms with Gasteiger partial charge in [0, 0.05) is 11.5 Å². The minimum Gasteiger partial charge on any atom is -0.493 e. The first-order valence-corrected chi connectivity index (χ1v) is 6.54. The summed E-state index contributed by atoms with van der Waals surface area (Å²) in [4.78, 5) is 0. The topological polar surface area (TPSA) is 47.3 Å². The number of nitrogens with one attached hydrogen (secondary N) is 1. The summed E-state index contributed by atoms with van der Waals surface area (Å²) in [5, 5.41) is 0. The standard InChI is InChI=1S/C16H18N2O/c1-11-5-4-6-12(9-11)16(18-17)14-10-19-15-8-3-2-7-13(14)15/h2-9,14,16,18H,10,17H2,1H3. The van der Waals surface area contributed by atoms with Crippen molar-refractivity contribution in [3.63, 3.8) is 0 Å². The van der Waals surface area contributed by atoms with Gasteiger partial charge in [0.2, 0.25) is 0 Å². The molecule has 2 aromatic carbocycles. The summed E-state index contributed by atoms with van der Waals surface area (Å²) in [7, 11) is 0. The normalized spacial score (nSPS) is 18.7. The quantitative estimate of drug-likeness (QED) is 0.654. The molecule has 2 atom stereocenters. The van der Waals surface area contributed by atoms with Crippen LogP contribution >= 0.6 is 0 Å². The predicted molar refractivity (Wildman–Crippen MR) is 75.9 cm³/mol. The molecule has 3 N–H and O–H groups in total. The lowest BCUT2D eigenvalue weighted by molar-refractivity contribution is 0.300. The van der Waals surface area contributed by atoms with Crippen molar-refractivity contribution in [3.05, 3.63) is 65.2 Å². The summed E-state index contributed by atoms with van der Waals surface area (Å²) in [6.07, 6.45) is 0. The second kappa shape index (κ2) is 5.03. The molecule has 0 fully saturated rings. The number of nitrogens with two attached hydrogens (primary N) is 1. The van der Waals surface area contributed by atoms with Crippen molar-refractivity contribution in [2.45, 2.75) is 18.9 Å². The Kier molecular flexibility index (Phi) is 3.23. The minimum atomic E-state index is 0.0727. The van der Waals surface area contributed by atoms with Crippen molar-refractivity contribution < 1.29 is 4.74 Å². The molecular formula is C16H18N2O. The fourth-order valence-corrected chi connectivity index (χ4v) is 2.77. The van der Waals surface area contributed by atoms with E-state index in [2.05, 4.69) is 42.7 Å². The van der Waals surface area contributed by atoms with Gasteiger partial charge in [-0.05, 0) is 18.6 Å². The molecule has 0 saturated heterocycles. The van der Waals surface area contributed by atoms with E-state index < -0.39 is 0 Å². The van der Waals surface area contributed by atoms with E-state index in [1.807, 2.05) is 18.2 Å². The number of benzene rings is 2. The molecule has 0 saturated carbocycles. The van der Waals surface area contributed by atoms with Gasteiger partial charge in [-0.3, -0.25) is 11.3 Å². The molecule has 0 radical (unpaired) electrons. The first-order chi connectivity index (χ1) is 9.29. The van der Waals surface area contributed by atoms with E-state index in [1.54, 1.807) is 0 Å². The van der Waals surface area contributed by atoms with Crippen LogP contribution in [0.25, 0.3) is 0 Å². The van der Waals surface area contributed by atoms with Crippen molar-refractivity contribution in [1.82, 2.24) is 5.43 Å². The molecule has 1 aliphatic heterocycles. The summed E-state index contributed by atoms with van der Waals surface area (Å²) in [6.45, 7) is 2.76. The Labute approximate surface area is 113 Å². The van der Waals surface area contributed by atoms with E-state index in [-0.39, 0.29) is 12.0 Å². The van der Waals surface area contributed by atoms with Crippen LogP contribution in [0.1, 0.15) is 28.7 Å². The Hall–Kier alpha value is -1.84. The Morgan fingerprint density at radius 1 is 1.21 bits per heavy atom. The van der Waals surface area contributed by atoms with Gasteiger partial charge in [0.1, 0.15) is 5.75 Å². The fourth-order valence-electron chi connectivity index (χ4n) is 2.77. The molecule has 0 aromatic heterocycles. The van der Waals surface area contributed by atoms with Crippen molar-refractivity contribution in [2.24, 2.45) is 5.84 Å². The molecule has 3 rings (SSSR count). The van der Waals surface area contributed by atoms with Crippen LogP contribution in [0.15, 0.2) is 48.5 Å². The molecule has 3 heteroatoms. The zero-order chi connectivity index (χ0) is 13.2. The molecule has 98 valence electrons. The number of hydrogen-bond donors (Lipinski definition) is 2. The number of ether oxygens (including phenoxy) is 1. The van der Waals surface area contributed by atoms with Crippen LogP contribution in [-0.4, -0.2) is 6.61 Å². The van der Waals surface area contributed by atoms with Gasteiger partial charge in [-0.15, -0.1) is 0 Å². The molecule has 1 heterocycles. The monoisotopic (exact) mass is 254 g/mol. The van der Waals surface area contributed by atoms with E-state index in [9.17, 15) is 0 Å². The molecule has 0 bridgehead atoms. The molecule has 19 heavy (non-hydrogen) atoms. The molecule has 1 aliphatic rings. The maximum atomic E-state index is 5.79. The fraction of sp³-hybridized carbons (Fsp3) is 0.250. The Bertz CT molecular complexity index is 582. The lowest BCUT2D eigenvalue weighted by Crippen LogP contribution is -2.33. The van der Waals surface area contributed by atoms with Crippen LogP contribution in [-0.2, 0) is 0 Å². The maximum absolute atomic E-state index is 5.79. The van der Waals surface area contributed by atoms with Crippen molar-refractivity contribution >= 4 is 0 Å². The number of para-hydroxylation sites is 1. The van der Waals surface area contributed by atoms with E-state index >= 15 is 0 Å². The Morgan fingerprint density at radius 2 is 2.05 bits per heavy atom. The number of rotatable bonds is 3. The number of hydrogen-bond acceptors (Lipinski definition) is 3. The maximum Gasteiger partial charge on any atom is 0.122 e. The van der Waals surface area contributed by atoms with Gasteiger partial charge in [0.25, 0.3) is 0 Å². The minimum absolute atomic E-state index is 0.0727. The van der Waals surface area contributed by atoms with E-state index in [0.29, 0.717) is 6.61 Å². The van der Waals surface area contributed by atoms with Crippen molar-refractivity contribution in [1.29, 1.82) is 0 Å². The summed E-state index contributed by atoms with van der Waals surface area (Å²) >= 11 is 0. The second-order valence-electron chi connectivity index (χ2n) is 5.01. The van der Waals surface area contributed by atoms with Crippen LogP contribution < -0.4 is 16.0 Å². The van der Waals surface area contributed by atoms with Gasteiger partial charge in [0.05, 0.1) is 12.6 Å². The van der Waals surface area contributed by atoms with Gasteiger partial charge < -0.3 is 4.74 Å². The summed E-state index contributed by atoms with van der Waals surface area (Å²) in [5.74, 6) is 7.01. The van der Waals surface area contributed by atoms with Gasteiger partial charge in [-0.2, -0.15) is 0 Å². The van der Waals surface area contributed by atoms with Crippen LogP contribution in [0, 0.1) is 6.92 Å². The Balaban J connectivity index is 1.96. The van der Waals surface area contributed by atoms with Gasteiger partial charge >= 0.3 is 0 Å². The highest BCUT2D eigenvalue weighted by atomic mass is 16.5. The van der Waals surface area contributed by atoms with E-state index in [4.69, 9.17) is 10.6 Å². The molecule has 2 unspecified atom stereocenters. The van der Waals surface area contributed by atoms with Crippen LogP contribution in [0.4, 0.5) is 0 Å². The third kappa shape index (κ3) is 2.23. The third-order valence-electron chi connectivity index (χ3n) is 3.72. The molecule has 0 aliphatic carbocycles. The predicted octanol–water partition coefficient (Wildman–Crippen LogP) is 2.68. The van der Waals surface area contributed by atoms with E-state index in [1.165, 1.54) is 16.7 Å². The lowest BCUT2D eigenvalue weighted by Gasteiger charge is -2.22. The largest absolute Gasteiger partial charge is 0.493 e. The van der Waals surface area contributed by atoms with Crippen LogP contribution in [0.5, 0.6) is 5.75 Å². The highest BCUT2D eigenvalue weighted by Crippen LogP contribution is 2.40. The zero-order valence-electron chi connectivity index (χ0n) is 11.0. The molecule has 2 aromatic rings. The molecule has 0 spiro atoms. The number of fused-ring (bicyclic) bond motifs is 1. The highest BCUT2D eigenvalue weighted by molar-refractivity contribution is 5.42. The highest BCUT2D eigenvalue weighted by Gasteiger charge is 2.31. The van der Waals surface area contributed by atoms with E-state index in [0.717, 1.165) is 5.75 Å². The number of aryl methyl sites for hydroxylation is 1. The molecule has 3 nitrogen and oxygen atoms in total. The first kappa shape index (κ1) is 12.2. The summed E-state index contributed by atoms with van der Waals surface area (Å²) < 4.78 is 5.75. The average molecular weight is 254 g/mol. The summed E-state index contributed by atoms with van der Waals surface area (Å²) in [6, 6.07) is 16.7. The number of hydrazine groups is 1.